The maximum Gasteiger partial charge on any atom is 0.289 e. The third-order valence-corrected chi connectivity index (χ3v) is 3.80. The number of nitriles is 1. The van der Waals surface area contributed by atoms with Crippen LogP contribution in [0.2, 0.25) is 0 Å². The standard InChI is InChI=1S/C13H17N5O2/c1-13(2)8-17(4-3-11(13)15)12-9(6-14)5-10(7-16-12)18(19)20/h5,7,11H,3-4,8,15H2,1-2H3. The summed E-state index contributed by atoms with van der Waals surface area (Å²) in [4.78, 5) is 16.3. The lowest BCUT2D eigenvalue weighted by atomic mass is 9.79. The fourth-order valence-electron chi connectivity index (χ4n) is 2.44. The Kier molecular flexibility index (Phi) is 3.59. The van der Waals surface area contributed by atoms with Crippen LogP contribution in [-0.2, 0) is 0 Å². The highest BCUT2D eigenvalue weighted by Gasteiger charge is 2.34. The average Bonchev–Trinajstić information content (AvgIpc) is 2.41. The Morgan fingerprint density at radius 2 is 2.35 bits per heavy atom. The number of pyridine rings is 1. The Bertz CT molecular complexity index is 579. The summed E-state index contributed by atoms with van der Waals surface area (Å²) in [5.74, 6) is 0.498. The lowest BCUT2D eigenvalue weighted by molar-refractivity contribution is -0.385. The summed E-state index contributed by atoms with van der Waals surface area (Å²) in [6.45, 7) is 5.51. The fourth-order valence-corrected chi connectivity index (χ4v) is 2.44. The average molecular weight is 275 g/mol. The lowest BCUT2D eigenvalue weighted by Gasteiger charge is -2.43. The third kappa shape index (κ3) is 2.56. The van der Waals surface area contributed by atoms with E-state index in [1.54, 1.807) is 0 Å². The number of hydrogen-bond donors (Lipinski definition) is 1. The minimum atomic E-state index is -0.548. The number of nitrogens with zero attached hydrogens (tertiary/aromatic N) is 4. The van der Waals surface area contributed by atoms with Gasteiger partial charge in [-0.15, -0.1) is 0 Å². The zero-order valence-electron chi connectivity index (χ0n) is 11.5. The number of nitrogens with two attached hydrogens (primary N) is 1. The molecule has 0 aromatic carbocycles. The van der Waals surface area contributed by atoms with Gasteiger partial charge in [0.05, 0.1) is 4.92 Å². The van der Waals surface area contributed by atoms with E-state index >= 15 is 0 Å². The van der Waals surface area contributed by atoms with E-state index in [-0.39, 0.29) is 22.7 Å². The van der Waals surface area contributed by atoms with Crippen LogP contribution in [0.3, 0.4) is 0 Å². The molecule has 20 heavy (non-hydrogen) atoms. The molecule has 1 saturated heterocycles. The van der Waals surface area contributed by atoms with Crippen molar-refractivity contribution in [3.8, 4) is 6.07 Å². The normalized spacial score (nSPS) is 21.3. The summed E-state index contributed by atoms with van der Waals surface area (Å²) in [7, 11) is 0. The number of rotatable bonds is 2. The van der Waals surface area contributed by atoms with Gasteiger partial charge >= 0.3 is 0 Å². The summed E-state index contributed by atoms with van der Waals surface area (Å²) in [5.41, 5.74) is 6.06. The maximum absolute atomic E-state index is 10.7. The molecule has 0 amide bonds. The van der Waals surface area contributed by atoms with Gasteiger partial charge in [-0.3, -0.25) is 10.1 Å². The smallest absolute Gasteiger partial charge is 0.289 e. The van der Waals surface area contributed by atoms with Crippen molar-refractivity contribution in [3.05, 3.63) is 27.9 Å². The summed E-state index contributed by atoms with van der Waals surface area (Å²) < 4.78 is 0. The van der Waals surface area contributed by atoms with E-state index < -0.39 is 4.92 Å². The highest BCUT2D eigenvalue weighted by atomic mass is 16.6. The molecular weight excluding hydrogens is 258 g/mol. The number of hydrogen-bond acceptors (Lipinski definition) is 6. The van der Waals surface area contributed by atoms with Crippen molar-refractivity contribution in [1.82, 2.24) is 4.98 Å². The van der Waals surface area contributed by atoms with Crippen LogP contribution in [0.25, 0.3) is 0 Å². The molecule has 0 aliphatic carbocycles. The van der Waals surface area contributed by atoms with Gasteiger partial charge in [0.25, 0.3) is 5.69 Å². The van der Waals surface area contributed by atoms with E-state index in [1.807, 2.05) is 11.0 Å². The molecule has 2 rings (SSSR count). The van der Waals surface area contributed by atoms with E-state index in [9.17, 15) is 15.4 Å². The van der Waals surface area contributed by atoms with Crippen LogP contribution < -0.4 is 10.6 Å². The van der Waals surface area contributed by atoms with Crippen LogP contribution in [0.5, 0.6) is 0 Å². The molecule has 7 nitrogen and oxygen atoms in total. The minimum absolute atomic E-state index is 0.0889. The van der Waals surface area contributed by atoms with Gasteiger partial charge in [0.1, 0.15) is 23.6 Å². The molecule has 1 atom stereocenters. The third-order valence-electron chi connectivity index (χ3n) is 3.80. The summed E-state index contributed by atoms with van der Waals surface area (Å²) in [6.07, 6.45) is 1.99. The maximum atomic E-state index is 10.7. The quantitative estimate of drug-likeness (QED) is 0.645. The molecule has 7 heteroatoms. The number of anilines is 1. The Labute approximate surface area is 117 Å². The van der Waals surface area contributed by atoms with Crippen LogP contribution in [0.4, 0.5) is 11.5 Å². The Morgan fingerprint density at radius 3 is 2.90 bits per heavy atom. The first-order valence-electron chi connectivity index (χ1n) is 6.40. The van der Waals surface area contributed by atoms with Gasteiger partial charge in [-0.05, 0) is 11.8 Å². The number of aromatic nitrogens is 1. The van der Waals surface area contributed by atoms with Crippen molar-refractivity contribution in [3.63, 3.8) is 0 Å². The molecule has 1 unspecified atom stereocenters. The lowest BCUT2D eigenvalue weighted by Crippen LogP contribution is -2.52. The first-order valence-corrected chi connectivity index (χ1v) is 6.40. The van der Waals surface area contributed by atoms with Crippen LogP contribution in [0.15, 0.2) is 12.3 Å². The van der Waals surface area contributed by atoms with Gasteiger partial charge < -0.3 is 10.6 Å². The van der Waals surface area contributed by atoms with Gasteiger partial charge in [0.2, 0.25) is 0 Å². The molecule has 1 fully saturated rings. The molecule has 2 N–H and O–H groups in total. The predicted molar refractivity (Wildman–Crippen MR) is 74.2 cm³/mol. The Balaban J connectivity index is 2.34. The first-order chi connectivity index (χ1) is 9.35. The predicted octanol–water partition coefficient (Wildman–Crippen LogP) is 1.43. The Morgan fingerprint density at radius 1 is 1.65 bits per heavy atom. The highest BCUT2D eigenvalue weighted by Crippen LogP contribution is 2.32. The second-order valence-electron chi connectivity index (χ2n) is 5.74. The van der Waals surface area contributed by atoms with E-state index in [0.717, 1.165) is 6.42 Å². The first kappa shape index (κ1) is 14.2. The highest BCUT2D eigenvalue weighted by molar-refractivity contribution is 5.57. The van der Waals surface area contributed by atoms with Crippen LogP contribution in [-0.4, -0.2) is 29.0 Å². The molecule has 2 heterocycles. The molecular formula is C13H17N5O2. The SMILES string of the molecule is CC1(C)CN(c2ncc([N+](=O)[O-])cc2C#N)CCC1N. The van der Waals surface area contributed by atoms with Crippen LogP contribution in [0, 0.1) is 26.9 Å². The number of nitro groups is 1. The molecule has 1 aliphatic heterocycles. The fraction of sp³-hybridized carbons (Fsp3) is 0.538. The summed E-state index contributed by atoms with van der Waals surface area (Å²) in [5, 5.41) is 19.9. The van der Waals surface area contributed by atoms with Gasteiger partial charge in [0, 0.05) is 25.2 Å². The van der Waals surface area contributed by atoms with Gasteiger partial charge in [-0.2, -0.15) is 5.26 Å². The summed E-state index contributed by atoms with van der Waals surface area (Å²) in [6, 6.07) is 3.35. The van der Waals surface area contributed by atoms with Crippen LogP contribution >= 0.6 is 0 Å². The van der Waals surface area contributed by atoms with E-state index in [4.69, 9.17) is 5.73 Å². The van der Waals surface area contributed by atoms with E-state index in [1.165, 1.54) is 12.3 Å². The van der Waals surface area contributed by atoms with Crippen molar-refractivity contribution in [2.24, 2.45) is 11.1 Å². The molecule has 0 radical (unpaired) electrons. The zero-order valence-corrected chi connectivity index (χ0v) is 11.5. The molecule has 1 aliphatic rings. The molecule has 1 aromatic rings. The monoisotopic (exact) mass is 275 g/mol. The second-order valence-corrected chi connectivity index (χ2v) is 5.74. The van der Waals surface area contributed by atoms with Gasteiger partial charge in [0.15, 0.2) is 0 Å². The topological polar surface area (TPSA) is 109 Å². The van der Waals surface area contributed by atoms with Crippen molar-refractivity contribution >= 4 is 11.5 Å². The number of piperidine rings is 1. The van der Waals surface area contributed by atoms with E-state index in [0.29, 0.717) is 18.9 Å². The zero-order chi connectivity index (χ0) is 14.9. The van der Waals surface area contributed by atoms with Crippen molar-refractivity contribution in [2.45, 2.75) is 26.3 Å². The van der Waals surface area contributed by atoms with Crippen LogP contribution in [0.1, 0.15) is 25.8 Å². The van der Waals surface area contributed by atoms with Crippen molar-refractivity contribution in [1.29, 1.82) is 5.26 Å². The van der Waals surface area contributed by atoms with Gasteiger partial charge in [-0.25, -0.2) is 4.98 Å². The molecule has 106 valence electrons. The second kappa shape index (κ2) is 5.06. The van der Waals surface area contributed by atoms with E-state index in [2.05, 4.69) is 18.8 Å². The molecule has 1 aromatic heterocycles. The molecule has 0 spiro atoms. The van der Waals surface area contributed by atoms with Gasteiger partial charge in [-0.1, -0.05) is 13.8 Å². The van der Waals surface area contributed by atoms with Crippen molar-refractivity contribution in [2.75, 3.05) is 18.0 Å². The largest absolute Gasteiger partial charge is 0.355 e. The Hall–Kier alpha value is -2.20. The minimum Gasteiger partial charge on any atom is -0.355 e. The summed E-state index contributed by atoms with van der Waals surface area (Å²) >= 11 is 0. The molecule has 0 bridgehead atoms. The molecule has 0 saturated carbocycles. The van der Waals surface area contributed by atoms with Crippen molar-refractivity contribution < 1.29 is 4.92 Å².